The number of urea groups is 1. The van der Waals surface area contributed by atoms with Crippen LogP contribution in [0.25, 0.3) is 0 Å². The molecule has 0 aliphatic carbocycles. The molecule has 3 amide bonds. The Morgan fingerprint density at radius 1 is 0.939 bits per heavy atom. The molecular formula is C24H22Cl3N3O3. The average molecular weight is 507 g/mol. The van der Waals surface area contributed by atoms with E-state index in [0.29, 0.717) is 52.2 Å². The standard InChI is InChI=1S/C24H22Cl3N3O3/c1-33-20-9-7-19(8-10-20)30(24(32)29-18-5-2-4-16(25)14-18)13-3-12-28-23(31)21-11-6-17(26)15-22(21)27/h2,4-11,14-15H,3,12-13H2,1H3,(H,28,31)(H,29,32). The number of benzene rings is 3. The number of amides is 3. The summed E-state index contributed by atoms with van der Waals surface area (Å²) in [5.74, 6) is 0.372. The molecule has 0 atom stereocenters. The summed E-state index contributed by atoms with van der Waals surface area (Å²) in [5, 5.41) is 6.93. The van der Waals surface area contributed by atoms with E-state index in [-0.39, 0.29) is 17.0 Å². The van der Waals surface area contributed by atoms with E-state index in [0.717, 1.165) is 0 Å². The molecule has 2 N–H and O–H groups in total. The third kappa shape index (κ3) is 7.02. The molecule has 9 heteroatoms. The maximum absolute atomic E-state index is 13.0. The number of methoxy groups -OCH3 is 1. The molecule has 6 nitrogen and oxygen atoms in total. The van der Waals surface area contributed by atoms with E-state index in [1.54, 1.807) is 72.7 Å². The van der Waals surface area contributed by atoms with Gasteiger partial charge < -0.3 is 15.4 Å². The smallest absolute Gasteiger partial charge is 0.326 e. The zero-order chi connectivity index (χ0) is 23.8. The zero-order valence-electron chi connectivity index (χ0n) is 17.8. The van der Waals surface area contributed by atoms with Gasteiger partial charge in [0.15, 0.2) is 0 Å². The summed E-state index contributed by atoms with van der Waals surface area (Å²) in [6, 6.07) is 18.4. The maximum Gasteiger partial charge on any atom is 0.326 e. The molecule has 0 aromatic heterocycles. The van der Waals surface area contributed by atoms with Gasteiger partial charge >= 0.3 is 6.03 Å². The highest BCUT2D eigenvalue weighted by Crippen LogP contribution is 2.23. The van der Waals surface area contributed by atoms with Gasteiger partial charge in [-0.05, 0) is 67.1 Å². The Morgan fingerprint density at radius 3 is 2.33 bits per heavy atom. The number of nitrogens with one attached hydrogen (secondary N) is 2. The number of hydrogen-bond acceptors (Lipinski definition) is 3. The van der Waals surface area contributed by atoms with Crippen LogP contribution < -0.4 is 20.3 Å². The van der Waals surface area contributed by atoms with Crippen LogP contribution in [0.4, 0.5) is 16.2 Å². The van der Waals surface area contributed by atoms with E-state index >= 15 is 0 Å². The van der Waals surface area contributed by atoms with Crippen molar-refractivity contribution in [2.24, 2.45) is 0 Å². The van der Waals surface area contributed by atoms with Crippen molar-refractivity contribution in [2.75, 3.05) is 30.4 Å². The van der Waals surface area contributed by atoms with Crippen LogP contribution in [0, 0.1) is 0 Å². The first-order valence-electron chi connectivity index (χ1n) is 10.1. The summed E-state index contributed by atoms with van der Waals surface area (Å²) < 4.78 is 5.20. The van der Waals surface area contributed by atoms with Gasteiger partial charge in [0.05, 0.1) is 17.7 Å². The third-order valence-electron chi connectivity index (χ3n) is 4.72. The summed E-state index contributed by atoms with van der Waals surface area (Å²) in [6.07, 6.45) is 0.506. The number of rotatable bonds is 8. The van der Waals surface area contributed by atoms with Gasteiger partial charge in [-0.25, -0.2) is 4.79 Å². The lowest BCUT2D eigenvalue weighted by Crippen LogP contribution is -2.37. The molecule has 3 aromatic carbocycles. The van der Waals surface area contributed by atoms with Gasteiger partial charge in [0.25, 0.3) is 5.91 Å². The minimum atomic E-state index is -0.325. The molecule has 0 unspecified atom stereocenters. The molecular weight excluding hydrogens is 485 g/mol. The molecule has 33 heavy (non-hydrogen) atoms. The van der Waals surface area contributed by atoms with Crippen LogP contribution in [0.3, 0.4) is 0 Å². The summed E-state index contributed by atoms with van der Waals surface area (Å²) in [5.41, 5.74) is 1.60. The Hall–Kier alpha value is -2.93. The second kappa shape index (κ2) is 11.8. The Labute approximate surface area is 207 Å². The van der Waals surface area contributed by atoms with Gasteiger partial charge in [-0.3, -0.25) is 9.69 Å². The monoisotopic (exact) mass is 505 g/mol. The van der Waals surface area contributed by atoms with Gasteiger partial charge in [0, 0.05) is 34.5 Å². The Bertz CT molecular complexity index is 1120. The SMILES string of the molecule is COc1ccc(N(CCCNC(=O)c2ccc(Cl)cc2Cl)C(=O)Nc2cccc(Cl)c2)cc1. The minimum absolute atomic E-state index is 0.278. The molecule has 172 valence electrons. The van der Waals surface area contributed by atoms with Crippen LogP contribution in [0.5, 0.6) is 5.75 Å². The fraction of sp³-hybridized carbons (Fsp3) is 0.167. The number of anilines is 2. The molecule has 0 heterocycles. The van der Waals surface area contributed by atoms with E-state index in [1.807, 2.05) is 0 Å². The first kappa shape index (κ1) is 24.7. The van der Waals surface area contributed by atoms with Crippen LogP contribution >= 0.6 is 34.8 Å². The lowest BCUT2D eigenvalue weighted by Gasteiger charge is -2.24. The average Bonchev–Trinajstić information content (AvgIpc) is 2.79. The van der Waals surface area contributed by atoms with Crippen molar-refractivity contribution >= 4 is 58.1 Å². The molecule has 0 saturated carbocycles. The van der Waals surface area contributed by atoms with Gasteiger partial charge in [-0.1, -0.05) is 40.9 Å². The highest BCUT2D eigenvalue weighted by Gasteiger charge is 2.17. The predicted octanol–water partition coefficient (Wildman–Crippen LogP) is 6.51. The van der Waals surface area contributed by atoms with Crippen molar-refractivity contribution < 1.29 is 14.3 Å². The Balaban J connectivity index is 1.65. The van der Waals surface area contributed by atoms with Gasteiger partial charge in [0.1, 0.15) is 5.75 Å². The van der Waals surface area contributed by atoms with E-state index in [2.05, 4.69) is 10.6 Å². The lowest BCUT2D eigenvalue weighted by molar-refractivity contribution is 0.0953. The summed E-state index contributed by atoms with van der Waals surface area (Å²) >= 11 is 18.0. The fourth-order valence-corrected chi connectivity index (χ4v) is 3.76. The van der Waals surface area contributed by atoms with Crippen molar-refractivity contribution in [1.29, 1.82) is 0 Å². The molecule has 0 aliphatic rings. The second-order valence-electron chi connectivity index (χ2n) is 7.02. The first-order valence-corrected chi connectivity index (χ1v) is 11.2. The largest absolute Gasteiger partial charge is 0.497 e. The predicted molar refractivity (Wildman–Crippen MR) is 134 cm³/mol. The summed E-state index contributed by atoms with van der Waals surface area (Å²) in [4.78, 5) is 27.0. The van der Waals surface area contributed by atoms with E-state index in [1.165, 1.54) is 6.07 Å². The van der Waals surface area contributed by atoms with E-state index in [9.17, 15) is 9.59 Å². The fourth-order valence-electron chi connectivity index (χ4n) is 3.08. The highest BCUT2D eigenvalue weighted by atomic mass is 35.5. The highest BCUT2D eigenvalue weighted by molar-refractivity contribution is 6.36. The van der Waals surface area contributed by atoms with Gasteiger partial charge in [0.2, 0.25) is 0 Å². The Kier molecular flexibility index (Phi) is 8.83. The number of hydrogen-bond donors (Lipinski definition) is 2. The van der Waals surface area contributed by atoms with Gasteiger partial charge in [-0.2, -0.15) is 0 Å². The minimum Gasteiger partial charge on any atom is -0.497 e. The number of carbonyl (C=O) groups is 2. The van der Waals surface area contributed by atoms with Crippen LogP contribution in [-0.2, 0) is 0 Å². The second-order valence-corrected chi connectivity index (χ2v) is 8.30. The maximum atomic E-state index is 13.0. The van der Waals surface area contributed by atoms with Crippen LogP contribution in [0.15, 0.2) is 66.7 Å². The van der Waals surface area contributed by atoms with Crippen molar-refractivity contribution in [3.63, 3.8) is 0 Å². The number of nitrogens with zero attached hydrogens (tertiary/aromatic N) is 1. The topological polar surface area (TPSA) is 70.7 Å². The van der Waals surface area contributed by atoms with Gasteiger partial charge in [-0.15, -0.1) is 0 Å². The molecule has 0 aliphatic heterocycles. The third-order valence-corrected chi connectivity index (χ3v) is 5.51. The van der Waals surface area contributed by atoms with Crippen LogP contribution in [-0.4, -0.2) is 32.1 Å². The quantitative estimate of drug-likeness (QED) is 0.342. The summed E-state index contributed by atoms with van der Waals surface area (Å²) in [6.45, 7) is 0.697. The molecule has 0 spiro atoms. The lowest BCUT2D eigenvalue weighted by atomic mass is 10.2. The van der Waals surface area contributed by atoms with Crippen molar-refractivity contribution in [1.82, 2.24) is 5.32 Å². The number of carbonyl (C=O) groups excluding carboxylic acids is 2. The normalized spacial score (nSPS) is 10.4. The summed E-state index contributed by atoms with van der Waals surface area (Å²) in [7, 11) is 1.58. The molecule has 0 saturated heterocycles. The number of halogens is 3. The molecule has 0 bridgehead atoms. The van der Waals surface area contributed by atoms with Crippen molar-refractivity contribution in [3.8, 4) is 5.75 Å². The number of ether oxygens (including phenoxy) is 1. The van der Waals surface area contributed by atoms with Crippen molar-refractivity contribution in [2.45, 2.75) is 6.42 Å². The van der Waals surface area contributed by atoms with Crippen LogP contribution in [0.1, 0.15) is 16.8 Å². The molecule has 0 radical (unpaired) electrons. The molecule has 3 aromatic rings. The van der Waals surface area contributed by atoms with Crippen LogP contribution in [0.2, 0.25) is 15.1 Å². The van der Waals surface area contributed by atoms with E-state index in [4.69, 9.17) is 39.5 Å². The van der Waals surface area contributed by atoms with E-state index < -0.39 is 0 Å². The first-order chi connectivity index (χ1) is 15.9. The zero-order valence-corrected chi connectivity index (χ0v) is 20.0. The molecule has 3 rings (SSSR count). The Morgan fingerprint density at radius 2 is 1.67 bits per heavy atom. The molecule has 0 fully saturated rings. The van der Waals surface area contributed by atoms with Crippen molar-refractivity contribution in [3.05, 3.63) is 87.4 Å².